The Bertz CT molecular complexity index is 4990. The van der Waals surface area contributed by atoms with Crippen LogP contribution in [0.4, 0.5) is 0 Å². The molecule has 4 aromatic rings. The predicted molar refractivity (Wildman–Crippen MR) is 432 cm³/mol. The number of imide groups is 2. The summed E-state index contributed by atoms with van der Waals surface area (Å²) in [5, 5.41) is 74.3. The Hall–Kier alpha value is -8.53. The molecule has 4 aromatic carbocycles. The predicted octanol–water partition coefficient (Wildman–Crippen LogP) is 3.24. The Morgan fingerprint density at radius 1 is 0.568 bits per heavy atom. The van der Waals surface area contributed by atoms with E-state index in [4.69, 9.17) is 71.1 Å². The number of ketones is 6. The smallest absolute Gasteiger partial charge is 0.252 e. The molecule has 125 heavy (non-hydrogen) atoms. The van der Waals surface area contributed by atoms with E-state index in [9.17, 15) is 83.4 Å². The number of aromatic hydroxyl groups is 4. The van der Waals surface area contributed by atoms with E-state index in [0.717, 1.165) is 4.90 Å². The van der Waals surface area contributed by atoms with E-state index in [-0.39, 0.29) is 180 Å². The van der Waals surface area contributed by atoms with Crippen LogP contribution < -0.4 is 14.8 Å². The van der Waals surface area contributed by atoms with E-state index in [0.29, 0.717) is 52.0 Å². The van der Waals surface area contributed by atoms with E-state index in [2.05, 4.69) is 15.1 Å². The highest BCUT2D eigenvalue weighted by molar-refractivity contribution is 8.00. The van der Waals surface area contributed by atoms with Crippen LogP contribution in [0, 0.1) is 0 Å². The SMILES string of the molecule is COc1cccc2c1C(=O)c1c(O)c3c(c(O)c1C2=O)C[C@@](O)(C(=O)COC1CCCC(COCC(=O)CCCN2C(=O)CC(SC)C2=O)O1)C[C@@H]3O[C@H]1C[C@H]2[C@H](O[C@@H]3[C@@H](OC)OCCN32)[C@H](C)O1.COc1cccc2c1C(=O)c1c(O)c3c(c(O)c1C2=O)C[C@@](O)(C(=O)NCCN1C(=O)CC(SC)C1=O)C[C@@H]3O[C@H]1C[C@H]2[C@H](O[C@@H]3[C@@H](OC)OCCN32)[C@H](C)O1. The van der Waals surface area contributed by atoms with E-state index in [1.54, 1.807) is 12.5 Å². The molecule has 9 aliphatic heterocycles. The number of hydrogen-bond acceptors (Lipinski definition) is 36. The van der Waals surface area contributed by atoms with Gasteiger partial charge in [0.25, 0.3) is 5.91 Å². The highest BCUT2D eigenvalue weighted by Gasteiger charge is 2.59. The van der Waals surface area contributed by atoms with Gasteiger partial charge in [0.1, 0.15) is 71.1 Å². The first kappa shape index (κ1) is 89.8. The molecule has 0 spiro atoms. The molecule has 20 atom stereocenters. The molecular formula is C86H101N5O32S2. The number of amides is 5. The van der Waals surface area contributed by atoms with E-state index < -0.39 is 203 Å². The first-order valence-corrected chi connectivity index (χ1v) is 44.4. The quantitative estimate of drug-likeness (QED) is 0.0303. The number of methoxy groups -OCH3 is 4. The topological polar surface area (TPSA) is 473 Å². The van der Waals surface area contributed by atoms with Crippen LogP contribution in [-0.4, -0.2) is 329 Å². The zero-order valence-electron chi connectivity index (χ0n) is 70.0. The third-order valence-corrected chi connectivity index (χ3v) is 27.9. The van der Waals surface area contributed by atoms with Crippen molar-refractivity contribution in [1.82, 2.24) is 24.9 Å². The number of likely N-dealkylation sites (tertiary alicyclic amines) is 2. The fourth-order valence-corrected chi connectivity index (χ4v) is 21.1. The number of phenols is 4. The Morgan fingerprint density at radius 2 is 1.05 bits per heavy atom. The van der Waals surface area contributed by atoms with Gasteiger partial charge in [-0.3, -0.25) is 72.3 Å². The number of hydrogen-bond donors (Lipinski definition) is 7. The third kappa shape index (κ3) is 16.5. The minimum Gasteiger partial charge on any atom is -0.507 e. The summed E-state index contributed by atoms with van der Waals surface area (Å²) in [5.41, 5.74) is -7.25. The normalized spacial score (nSPS) is 32.2. The molecule has 0 radical (unpaired) electrons. The van der Waals surface area contributed by atoms with Crippen molar-refractivity contribution < 1.29 is 154 Å². The lowest BCUT2D eigenvalue weighted by atomic mass is 9.72. The summed E-state index contributed by atoms with van der Waals surface area (Å²) in [4.78, 5) is 153. The maximum atomic E-state index is 14.3. The van der Waals surface area contributed by atoms with Crippen LogP contribution in [0.15, 0.2) is 36.4 Å². The second kappa shape index (κ2) is 36.5. The minimum atomic E-state index is -2.31. The van der Waals surface area contributed by atoms with Crippen LogP contribution >= 0.6 is 23.5 Å². The zero-order chi connectivity index (χ0) is 88.7. The van der Waals surface area contributed by atoms with Gasteiger partial charge in [0.2, 0.25) is 35.2 Å². The van der Waals surface area contributed by atoms with Gasteiger partial charge < -0.3 is 107 Å². The molecule has 4 unspecified atom stereocenters. The number of nitrogens with zero attached hydrogens (tertiary/aromatic N) is 4. The number of nitrogens with one attached hydrogen (secondary N) is 1. The number of aliphatic hydroxyl groups is 2. The van der Waals surface area contributed by atoms with E-state index in [1.165, 1.54) is 93.3 Å². The molecule has 0 bridgehead atoms. The Kier molecular flexibility index (Phi) is 26.3. The van der Waals surface area contributed by atoms with Crippen molar-refractivity contribution in [2.75, 3.05) is 107 Å². The summed E-state index contributed by atoms with van der Waals surface area (Å²) in [6.07, 6.45) is -5.83. The molecular weight excluding hydrogens is 1680 g/mol. The molecule has 9 fully saturated rings. The average Bonchev–Trinajstić information content (AvgIpc) is 1.66. The Balaban J connectivity index is 0.000000188. The average molecular weight is 1780 g/mol. The van der Waals surface area contributed by atoms with Gasteiger partial charge in [0, 0.05) is 150 Å². The van der Waals surface area contributed by atoms with Crippen LogP contribution in [0.25, 0.3) is 0 Å². The third-order valence-electron chi connectivity index (χ3n) is 26.0. The van der Waals surface area contributed by atoms with Crippen molar-refractivity contribution >= 4 is 87.8 Å². The van der Waals surface area contributed by atoms with Gasteiger partial charge in [-0.05, 0) is 64.2 Å². The number of benzene rings is 4. The second-order valence-electron chi connectivity index (χ2n) is 33.3. The lowest BCUT2D eigenvalue weighted by Gasteiger charge is -2.43. The monoisotopic (exact) mass is 1780 g/mol. The van der Waals surface area contributed by atoms with Gasteiger partial charge in [-0.2, -0.15) is 23.5 Å². The number of fused-ring (bicyclic) bond motifs is 12. The van der Waals surface area contributed by atoms with Crippen molar-refractivity contribution in [1.29, 1.82) is 0 Å². The van der Waals surface area contributed by atoms with Crippen molar-refractivity contribution in [2.45, 2.75) is 218 Å². The molecule has 17 rings (SSSR count). The largest absolute Gasteiger partial charge is 0.507 e. The van der Waals surface area contributed by atoms with Crippen LogP contribution in [0.5, 0.6) is 34.5 Å². The van der Waals surface area contributed by atoms with E-state index in [1.807, 2.05) is 13.8 Å². The number of rotatable bonds is 26. The lowest BCUT2D eigenvalue weighted by Crippen LogP contribution is -2.55. The summed E-state index contributed by atoms with van der Waals surface area (Å²) < 4.78 is 89.6. The molecule has 4 aliphatic carbocycles. The standard InChI is InChI=1S/C48H58N2O18S.C38H43N3O14S/c1-23-44-28(49-14-15-63-47(61-3)46(49)68-44)16-35(65-23)67-30-19-48(59,18-27-37(30)43(57)39-38(41(27)55)40(54)26-10-6-11-29(60-2)36(26)42(39)56)32(52)22-64-34-12-5-9-25(66-34)21-62-20-24(51)8-7-13-50-33(53)17-31(69-4)45(50)58;1-16-33-19(40-10-11-52-36(51-3)35(40)55-33)12-24(53-16)54-21-15-38(49,37(48)39-8-9-41-23(42)13-22(56-4)34(41)47)14-18-26(21)32(46)28-27(30(18)44)29(43)17-6-5-7-20(50-2)25(17)31(28)45/h6,10-11,23,25,28,30-31,34-35,44,46-47,55,57,59H,5,7-9,12-22H2,1-4H3;5-7,16,19,21-22,24,33,35-36,44,46,49H,8-15H2,1-4H3,(H,39,48)/t23-,25?,28-,30-,31?,34?,35-,44+,46+,47-,48-;16-,19-,21-,22?,24-,33+,35+,36-,38-/m00/s1. The molecule has 5 amide bonds. The van der Waals surface area contributed by atoms with Gasteiger partial charge in [0.15, 0.2) is 67.0 Å². The summed E-state index contributed by atoms with van der Waals surface area (Å²) in [7, 11) is 5.74. The minimum absolute atomic E-state index is 0.0496. The molecule has 674 valence electrons. The van der Waals surface area contributed by atoms with Crippen molar-refractivity contribution in [2.24, 2.45) is 0 Å². The summed E-state index contributed by atoms with van der Waals surface area (Å²) >= 11 is 2.59. The summed E-state index contributed by atoms with van der Waals surface area (Å²) in [5.74, 6) is -8.65. The Labute approximate surface area is 725 Å². The number of carbonyl (C=O) groups is 11. The van der Waals surface area contributed by atoms with E-state index >= 15 is 0 Å². The number of morpholine rings is 2. The van der Waals surface area contributed by atoms with Crippen LogP contribution in [0.3, 0.4) is 0 Å². The number of carbonyl (C=O) groups excluding carboxylic acids is 11. The maximum absolute atomic E-state index is 14.3. The number of ether oxygens (including phenoxy) is 15. The fourth-order valence-electron chi connectivity index (χ4n) is 19.9. The number of phenolic OH excluding ortho intramolecular Hbond substituents is 4. The van der Waals surface area contributed by atoms with Crippen LogP contribution in [0.2, 0.25) is 0 Å². The first-order chi connectivity index (χ1) is 60.0. The van der Waals surface area contributed by atoms with Crippen molar-refractivity contribution in [3.63, 3.8) is 0 Å². The second-order valence-corrected chi connectivity index (χ2v) is 35.4. The molecule has 9 heterocycles. The highest BCUT2D eigenvalue weighted by Crippen LogP contribution is 2.56. The number of Topliss-reactive ketones (excluding diaryl/α,β-unsaturated/α-hetero) is 2. The van der Waals surface area contributed by atoms with Gasteiger partial charge in [0.05, 0.1) is 108 Å². The molecule has 37 nitrogen and oxygen atoms in total. The fraction of sp³-hybridized carbons (Fsp3) is 0.593. The lowest BCUT2D eigenvalue weighted by molar-refractivity contribution is -0.256. The maximum Gasteiger partial charge on any atom is 0.252 e. The van der Waals surface area contributed by atoms with Gasteiger partial charge in [-0.1, -0.05) is 24.3 Å². The summed E-state index contributed by atoms with van der Waals surface area (Å²) in [6.45, 7) is 4.64. The van der Waals surface area contributed by atoms with Crippen LogP contribution in [-0.2, 0) is 108 Å². The molecule has 7 N–H and O–H groups in total. The van der Waals surface area contributed by atoms with Gasteiger partial charge in [-0.15, -0.1) is 0 Å². The van der Waals surface area contributed by atoms with Crippen molar-refractivity contribution in [3.05, 3.63) is 103 Å². The molecule has 0 aromatic heterocycles. The van der Waals surface area contributed by atoms with Gasteiger partial charge >= 0.3 is 0 Å². The van der Waals surface area contributed by atoms with Crippen molar-refractivity contribution in [3.8, 4) is 34.5 Å². The zero-order valence-corrected chi connectivity index (χ0v) is 71.7. The summed E-state index contributed by atoms with van der Waals surface area (Å²) in [6, 6.07) is 8.42. The van der Waals surface area contributed by atoms with Crippen LogP contribution in [0.1, 0.15) is 183 Å². The highest BCUT2D eigenvalue weighted by atomic mass is 32.2. The first-order valence-electron chi connectivity index (χ1n) is 41.8. The molecule has 13 aliphatic rings. The number of thioether (sulfide) groups is 2. The molecule has 39 heteroatoms. The molecule has 9 saturated heterocycles. The Morgan fingerprint density at radius 3 is 1.53 bits per heavy atom. The van der Waals surface area contributed by atoms with Gasteiger partial charge in [-0.25, -0.2) is 0 Å². The molecule has 0 saturated carbocycles.